The number of rotatable bonds is 4. The van der Waals surface area contributed by atoms with Gasteiger partial charge in [-0.1, -0.05) is 11.8 Å². The molecule has 9 heteroatoms. The van der Waals surface area contributed by atoms with E-state index in [0.717, 1.165) is 23.1 Å². The van der Waals surface area contributed by atoms with E-state index < -0.39 is 10.9 Å². The highest BCUT2D eigenvalue weighted by atomic mass is 32.2. The molecule has 0 bridgehead atoms. The predicted molar refractivity (Wildman–Crippen MR) is 71.0 cm³/mol. The smallest absolute Gasteiger partial charge is 0.345 e. The first-order valence-corrected chi connectivity index (χ1v) is 6.75. The van der Waals surface area contributed by atoms with Crippen molar-refractivity contribution in [3.63, 3.8) is 0 Å². The zero-order chi connectivity index (χ0) is 14.7. The van der Waals surface area contributed by atoms with Gasteiger partial charge in [0.15, 0.2) is 5.03 Å². The van der Waals surface area contributed by atoms with Gasteiger partial charge in [-0.2, -0.15) is 5.26 Å². The summed E-state index contributed by atoms with van der Waals surface area (Å²) in [5.41, 5.74) is -0.454. The molecule has 2 aromatic rings. The molecule has 0 unspecified atom stereocenters. The van der Waals surface area contributed by atoms with Crippen LogP contribution < -0.4 is 0 Å². The molecule has 2 heterocycles. The lowest BCUT2D eigenvalue weighted by Crippen LogP contribution is -1.96. The molecule has 0 aliphatic rings. The van der Waals surface area contributed by atoms with Crippen LogP contribution in [0.3, 0.4) is 0 Å². The molecule has 0 radical (unpaired) electrons. The number of carbonyl (C=O) groups is 1. The number of thiophene rings is 1. The Kier molecular flexibility index (Phi) is 3.97. The predicted octanol–water partition coefficient (Wildman–Crippen LogP) is 2.77. The molecule has 2 aromatic heterocycles. The molecule has 100 valence electrons. The van der Waals surface area contributed by atoms with Gasteiger partial charge in [0.2, 0.25) is 0 Å². The van der Waals surface area contributed by atoms with Crippen LogP contribution in [-0.2, 0) is 0 Å². The lowest BCUT2D eigenvalue weighted by molar-refractivity contribution is -0.388. The molecule has 0 amide bonds. The molecular formula is C11H5N3O4S2. The third-order valence-electron chi connectivity index (χ3n) is 2.19. The summed E-state index contributed by atoms with van der Waals surface area (Å²) in [7, 11) is 0. The van der Waals surface area contributed by atoms with E-state index in [0.29, 0.717) is 4.90 Å². The second kappa shape index (κ2) is 5.68. The van der Waals surface area contributed by atoms with E-state index in [1.807, 2.05) is 0 Å². The summed E-state index contributed by atoms with van der Waals surface area (Å²) in [6.45, 7) is 0. The zero-order valence-corrected chi connectivity index (χ0v) is 11.3. The van der Waals surface area contributed by atoms with Crippen molar-refractivity contribution >= 4 is 34.8 Å². The summed E-state index contributed by atoms with van der Waals surface area (Å²) in [6.07, 6.45) is 1.30. The maximum Gasteiger partial charge on any atom is 0.345 e. The van der Waals surface area contributed by atoms with E-state index in [9.17, 15) is 14.9 Å². The summed E-state index contributed by atoms with van der Waals surface area (Å²) in [6, 6.07) is 4.41. The summed E-state index contributed by atoms with van der Waals surface area (Å²) in [5.74, 6) is -1.06. The van der Waals surface area contributed by atoms with Crippen LogP contribution in [0.1, 0.15) is 15.2 Å². The van der Waals surface area contributed by atoms with Gasteiger partial charge in [0.1, 0.15) is 16.5 Å². The Balaban J connectivity index is 2.40. The highest BCUT2D eigenvalue weighted by molar-refractivity contribution is 7.99. The van der Waals surface area contributed by atoms with Crippen molar-refractivity contribution in [2.75, 3.05) is 0 Å². The molecule has 0 atom stereocenters. The Hall–Kier alpha value is -2.44. The Morgan fingerprint density at radius 3 is 2.90 bits per heavy atom. The van der Waals surface area contributed by atoms with Gasteiger partial charge in [0.25, 0.3) is 0 Å². The van der Waals surface area contributed by atoms with Crippen LogP contribution in [0.25, 0.3) is 0 Å². The van der Waals surface area contributed by atoms with Crippen molar-refractivity contribution in [3.05, 3.63) is 44.3 Å². The van der Waals surface area contributed by atoms with E-state index in [2.05, 4.69) is 4.98 Å². The average Bonchev–Trinajstić information content (AvgIpc) is 2.86. The van der Waals surface area contributed by atoms with Gasteiger partial charge in [-0.15, -0.1) is 11.3 Å². The number of hydrogen-bond donors (Lipinski definition) is 1. The summed E-state index contributed by atoms with van der Waals surface area (Å²) < 4.78 is 0. The first kappa shape index (κ1) is 14.0. The number of nitriles is 1. The van der Waals surface area contributed by atoms with Gasteiger partial charge >= 0.3 is 11.7 Å². The monoisotopic (exact) mass is 307 g/mol. The Labute approximate surface area is 120 Å². The maximum absolute atomic E-state index is 11.0. The van der Waals surface area contributed by atoms with Crippen molar-refractivity contribution in [3.8, 4) is 6.07 Å². The van der Waals surface area contributed by atoms with Crippen LogP contribution in [-0.4, -0.2) is 21.0 Å². The highest BCUT2D eigenvalue weighted by Gasteiger charge is 2.22. The van der Waals surface area contributed by atoms with E-state index in [1.165, 1.54) is 18.3 Å². The van der Waals surface area contributed by atoms with E-state index >= 15 is 0 Å². The third kappa shape index (κ3) is 2.76. The number of nitro groups is 1. The summed E-state index contributed by atoms with van der Waals surface area (Å²) in [4.78, 5) is 25.7. The van der Waals surface area contributed by atoms with Gasteiger partial charge < -0.3 is 5.11 Å². The molecule has 0 aliphatic heterocycles. The fraction of sp³-hybridized carbons (Fsp3) is 0. The molecule has 0 spiro atoms. The summed E-state index contributed by atoms with van der Waals surface area (Å²) >= 11 is 1.97. The minimum Gasteiger partial charge on any atom is -0.477 e. The zero-order valence-electron chi connectivity index (χ0n) is 9.64. The summed E-state index contributed by atoms with van der Waals surface area (Å²) in [5, 5.41) is 30.3. The number of nitrogens with zero attached hydrogens (tertiary/aromatic N) is 3. The van der Waals surface area contributed by atoms with Gasteiger partial charge in [0.05, 0.1) is 4.92 Å². The first-order valence-electron chi connectivity index (χ1n) is 5.06. The highest BCUT2D eigenvalue weighted by Crippen LogP contribution is 2.36. The van der Waals surface area contributed by atoms with Crippen molar-refractivity contribution in [1.82, 2.24) is 4.98 Å². The normalized spacial score (nSPS) is 9.95. The van der Waals surface area contributed by atoms with Crippen LogP contribution in [0.5, 0.6) is 0 Å². The number of pyridine rings is 1. The van der Waals surface area contributed by atoms with Crippen LogP contribution >= 0.6 is 23.1 Å². The van der Waals surface area contributed by atoms with E-state index in [1.54, 1.807) is 11.4 Å². The maximum atomic E-state index is 11.0. The van der Waals surface area contributed by atoms with Crippen molar-refractivity contribution in [2.45, 2.75) is 9.92 Å². The Morgan fingerprint density at radius 1 is 1.60 bits per heavy atom. The quantitative estimate of drug-likeness (QED) is 0.681. The molecule has 0 aliphatic carbocycles. The fourth-order valence-corrected chi connectivity index (χ4v) is 3.19. The average molecular weight is 307 g/mol. The molecule has 0 aromatic carbocycles. The number of hydrogen-bond acceptors (Lipinski definition) is 7. The lowest BCUT2D eigenvalue weighted by Gasteiger charge is -2.00. The third-order valence-corrected chi connectivity index (χ3v) is 4.23. The molecule has 2 rings (SSSR count). The van der Waals surface area contributed by atoms with Crippen molar-refractivity contribution < 1.29 is 14.8 Å². The van der Waals surface area contributed by atoms with Crippen LogP contribution in [0, 0.1) is 21.4 Å². The Bertz CT molecular complexity index is 736. The largest absolute Gasteiger partial charge is 0.477 e. The number of aromatic carboxylic acids is 1. The van der Waals surface area contributed by atoms with Gasteiger partial charge in [-0.3, -0.25) is 10.1 Å². The minimum atomic E-state index is -1.06. The molecule has 1 N–H and O–H groups in total. The van der Waals surface area contributed by atoms with E-state index in [4.69, 9.17) is 10.4 Å². The van der Waals surface area contributed by atoms with Gasteiger partial charge in [-0.25, -0.2) is 9.78 Å². The van der Waals surface area contributed by atoms with Crippen molar-refractivity contribution in [2.24, 2.45) is 0 Å². The minimum absolute atomic E-state index is 0.0591. The van der Waals surface area contributed by atoms with Crippen molar-refractivity contribution in [1.29, 1.82) is 5.26 Å². The molecular weight excluding hydrogens is 302 g/mol. The van der Waals surface area contributed by atoms with Crippen LogP contribution in [0.4, 0.5) is 5.69 Å². The number of carboxylic acid groups (broad SMARTS) is 1. The molecule has 0 fully saturated rings. The second-order valence-corrected chi connectivity index (χ2v) is 5.41. The standard InChI is InChI=1S/C11H5N3O4S2/c12-4-6-1-2-13-10(9(6)14(17)18)20-7-3-8(11(15)16)19-5-7/h1-3,5H,(H,15,16). The van der Waals surface area contributed by atoms with E-state index in [-0.39, 0.29) is 21.2 Å². The first-order chi connectivity index (χ1) is 9.52. The molecule has 0 saturated heterocycles. The number of carboxylic acids is 1. The Morgan fingerprint density at radius 2 is 2.35 bits per heavy atom. The van der Waals surface area contributed by atoms with Gasteiger partial charge in [0, 0.05) is 16.5 Å². The topological polar surface area (TPSA) is 117 Å². The SMILES string of the molecule is N#Cc1ccnc(Sc2csc(C(=O)O)c2)c1[N+](=O)[O-]. The molecule has 20 heavy (non-hydrogen) atoms. The second-order valence-electron chi connectivity index (χ2n) is 3.44. The molecule has 7 nitrogen and oxygen atoms in total. The van der Waals surface area contributed by atoms with Crippen LogP contribution in [0.2, 0.25) is 0 Å². The van der Waals surface area contributed by atoms with Gasteiger partial charge in [-0.05, 0) is 12.1 Å². The fourth-order valence-electron chi connectivity index (χ4n) is 1.37. The lowest BCUT2D eigenvalue weighted by atomic mass is 10.2. The number of aromatic nitrogens is 1. The molecule has 0 saturated carbocycles. The van der Waals surface area contributed by atoms with Crippen LogP contribution in [0.15, 0.2) is 33.6 Å².